The standard InChI is InChI=1S/C20H24N2O2/c1-24-18-11-6-5-8-16(18)14-21-19(23)22-15-20(12-7-13-20)17-9-3-2-4-10-17/h2-6,8-11H,7,12-15H2,1H3,(H2,21,22,23). The number of nitrogens with one attached hydrogen (secondary N) is 2. The normalized spacial score (nSPS) is 15.2. The van der Waals surface area contributed by atoms with E-state index in [2.05, 4.69) is 34.9 Å². The van der Waals surface area contributed by atoms with Crippen LogP contribution in [0.25, 0.3) is 0 Å². The SMILES string of the molecule is COc1ccccc1CNC(=O)NCC1(c2ccccc2)CCC1. The molecule has 3 rings (SSSR count). The fraction of sp³-hybridized carbons (Fsp3) is 0.350. The number of hydrogen-bond acceptors (Lipinski definition) is 2. The van der Waals surface area contributed by atoms with Gasteiger partial charge >= 0.3 is 6.03 Å². The van der Waals surface area contributed by atoms with Gasteiger partial charge in [0.1, 0.15) is 5.75 Å². The summed E-state index contributed by atoms with van der Waals surface area (Å²) in [4.78, 5) is 12.2. The van der Waals surface area contributed by atoms with Gasteiger partial charge in [-0.15, -0.1) is 0 Å². The number of hydrogen-bond donors (Lipinski definition) is 2. The van der Waals surface area contributed by atoms with Gasteiger partial charge in [-0.3, -0.25) is 0 Å². The van der Waals surface area contributed by atoms with E-state index in [9.17, 15) is 4.79 Å². The number of para-hydroxylation sites is 1. The Morgan fingerprint density at radius 3 is 2.42 bits per heavy atom. The molecule has 0 unspecified atom stereocenters. The molecule has 2 N–H and O–H groups in total. The summed E-state index contributed by atoms with van der Waals surface area (Å²) >= 11 is 0. The molecule has 0 bridgehead atoms. The van der Waals surface area contributed by atoms with Crippen molar-refractivity contribution in [1.29, 1.82) is 0 Å². The molecule has 2 aromatic carbocycles. The van der Waals surface area contributed by atoms with Gasteiger partial charge in [-0.25, -0.2) is 4.79 Å². The topological polar surface area (TPSA) is 50.4 Å². The highest BCUT2D eigenvalue weighted by molar-refractivity contribution is 5.74. The van der Waals surface area contributed by atoms with Gasteiger partial charge in [-0.05, 0) is 24.5 Å². The number of urea groups is 1. The number of rotatable bonds is 6. The zero-order valence-corrected chi connectivity index (χ0v) is 14.0. The van der Waals surface area contributed by atoms with Crippen molar-refractivity contribution < 1.29 is 9.53 Å². The van der Waals surface area contributed by atoms with E-state index in [4.69, 9.17) is 4.74 Å². The molecule has 1 fully saturated rings. The Morgan fingerprint density at radius 2 is 1.75 bits per heavy atom. The molecule has 2 amide bonds. The van der Waals surface area contributed by atoms with Crippen LogP contribution >= 0.6 is 0 Å². The molecule has 24 heavy (non-hydrogen) atoms. The first-order valence-corrected chi connectivity index (χ1v) is 8.43. The van der Waals surface area contributed by atoms with Crippen molar-refractivity contribution in [3.8, 4) is 5.75 Å². The van der Waals surface area contributed by atoms with Gasteiger partial charge in [0.2, 0.25) is 0 Å². The van der Waals surface area contributed by atoms with Crippen molar-refractivity contribution in [1.82, 2.24) is 10.6 Å². The fourth-order valence-corrected chi connectivity index (χ4v) is 3.30. The van der Waals surface area contributed by atoms with E-state index in [0.717, 1.165) is 24.2 Å². The smallest absolute Gasteiger partial charge is 0.315 e. The van der Waals surface area contributed by atoms with Gasteiger partial charge in [0.25, 0.3) is 0 Å². The number of methoxy groups -OCH3 is 1. The van der Waals surface area contributed by atoms with Crippen LogP contribution in [0.4, 0.5) is 4.79 Å². The highest BCUT2D eigenvalue weighted by atomic mass is 16.5. The minimum atomic E-state index is -0.136. The van der Waals surface area contributed by atoms with Crippen LogP contribution in [0.3, 0.4) is 0 Å². The number of benzene rings is 2. The number of ether oxygens (including phenoxy) is 1. The van der Waals surface area contributed by atoms with Crippen molar-refractivity contribution >= 4 is 6.03 Å². The van der Waals surface area contributed by atoms with Crippen LogP contribution in [0.5, 0.6) is 5.75 Å². The Balaban J connectivity index is 1.54. The maximum absolute atomic E-state index is 12.2. The second-order valence-electron chi connectivity index (χ2n) is 6.35. The van der Waals surface area contributed by atoms with Crippen molar-refractivity contribution in [2.45, 2.75) is 31.2 Å². The van der Waals surface area contributed by atoms with Crippen LogP contribution in [0.2, 0.25) is 0 Å². The van der Waals surface area contributed by atoms with Crippen LogP contribution in [0, 0.1) is 0 Å². The van der Waals surface area contributed by atoms with Crippen LogP contribution in [-0.2, 0) is 12.0 Å². The summed E-state index contributed by atoms with van der Waals surface area (Å²) in [6.45, 7) is 1.13. The average Bonchev–Trinajstić information content (AvgIpc) is 2.60. The molecular weight excluding hydrogens is 300 g/mol. The highest BCUT2D eigenvalue weighted by Crippen LogP contribution is 2.43. The first-order chi connectivity index (χ1) is 11.7. The summed E-state index contributed by atoms with van der Waals surface area (Å²) < 4.78 is 5.30. The molecule has 0 aliphatic heterocycles. The van der Waals surface area contributed by atoms with Gasteiger partial charge in [0.15, 0.2) is 0 Å². The predicted molar refractivity (Wildman–Crippen MR) is 95.2 cm³/mol. The third kappa shape index (κ3) is 3.53. The summed E-state index contributed by atoms with van der Waals surface area (Å²) in [5, 5.41) is 5.96. The summed E-state index contributed by atoms with van der Waals surface area (Å²) in [5.41, 5.74) is 2.39. The molecule has 126 valence electrons. The van der Waals surface area contributed by atoms with Crippen LogP contribution in [-0.4, -0.2) is 19.7 Å². The molecule has 4 nitrogen and oxygen atoms in total. The molecule has 0 atom stereocenters. The van der Waals surface area contributed by atoms with Gasteiger partial charge < -0.3 is 15.4 Å². The maximum atomic E-state index is 12.2. The third-order valence-corrected chi connectivity index (χ3v) is 4.92. The monoisotopic (exact) mass is 324 g/mol. The molecule has 2 aromatic rings. The minimum absolute atomic E-state index is 0.100. The Morgan fingerprint density at radius 1 is 1.04 bits per heavy atom. The molecule has 0 saturated heterocycles. The molecule has 0 aromatic heterocycles. The minimum Gasteiger partial charge on any atom is -0.496 e. The summed E-state index contributed by atoms with van der Waals surface area (Å²) in [6.07, 6.45) is 3.48. The quantitative estimate of drug-likeness (QED) is 0.853. The van der Waals surface area contributed by atoms with Crippen LogP contribution in [0.15, 0.2) is 54.6 Å². The van der Waals surface area contributed by atoms with Gasteiger partial charge in [-0.1, -0.05) is 55.0 Å². The molecule has 1 saturated carbocycles. The lowest BCUT2D eigenvalue weighted by atomic mass is 9.64. The molecule has 0 heterocycles. The summed E-state index contributed by atoms with van der Waals surface area (Å²) in [7, 11) is 1.64. The van der Waals surface area contributed by atoms with E-state index in [1.807, 2.05) is 30.3 Å². The number of amides is 2. The number of carbonyl (C=O) groups excluding carboxylic acids is 1. The second-order valence-corrected chi connectivity index (χ2v) is 6.35. The molecule has 4 heteroatoms. The average molecular weight is 324 g/mol. The van der Waals surface area contributed by atoms with Gasteiger partial charge in [0, 0.05) is 24.1 Å². The summed E-state index contributed by atoms with van der Waals surface area (Å²) in [6, 6.07) is 18.1. The van der Waals surface area contributed by atoms with E-state index in [1.54, 1.807) is 7.11 Å². The van der Waals surface area contributed by atoms with E-state index in [-0.39, 0.29) is 11.4 Å². The van der Waals surface area contributed by atoms with Gasteiger partial charge in [0.05, 0.1) is 7.11 Å². The summed E-state index contributed by atoms with van der Waals surface area (Å²) in [5.74, 6) is 0.789. The third-order valence-electron chi connectivity index (χ3n) is 4.92. The Hall–Kier alpha value is -2.49. The lowest BCUT2D eigenvalue weighted by Gasteiger charge is -2.42. The van der Waals surface area contributed by atoms with Crippen molar-refractivity contribution in [2.75, 3.05) is 13.7 Å². The van der Waals surface area contributed by atoms with Gasteiger partial charge in [-0.2, -0.15) is 0 Å². The van der Waals surface area contributed by atoms with E-state index < -0.39 is 0 Å². The lowest BCUT2D eigenvalue weighted by Crippen LogP contribution is -2.48. The van der Waals surface area contributed by atoms with E-state index in [0.29, 0.717) is 13.1 Å². The first-order valence-electron chi connectivity index (χ1n) is 8.43. The maximum Gasteiger partial charge on any atom is 0.315 e. The lowest BCUT2D eigenvalue weighted by molar-refractivity contribution is 0.214. The predicted octanol–water partition coefficient (Wildman–Crippen LogP) is 3.62. The molecule has 0 radical (unpaired) electrons. The molecule has 0 spiro atoms. The Labute approximate surface area is 143 Å². The highest BCUT2D eigenvalue weighted by Gasteiger charge is 2.38. The molecule has 1 aliphatic carbocycles. The molecular formula is C20H24N2O2. The van der Waals surface area contributed by atoms with Crippen LogP contribution in [0.1, 0.15) is 30.4 Å². The van der Waals surface area contributed by atoms with E-state index >= 15 is 0 Å². The van der Waals surface area contributed by atoms with E-state index in [1.165, 1.54) is 12.0 Å². The second kappa shape index (κ2) is 7.39. The molecule has 1 aliphatic rings. The fourth-order valence-electron chi connectivity index (χ4n) is 3.30. The van der Waals surface area contributed by atoms with Crippen molar-refractivity contribution in [3.05, 3.63) is 65.7 Å². The van der Waals surface area contributed by atoms with Crippen molar-refractivity contribution in [2.24, 2.45) is 0 Å². The Bertz CT molecular complexity index is 681. The van der Waals surface area contributed by atoms with Crippen molar-refractivity contribution in [3.63, 3.8) is 0 Å². The zero-order chi connectivity index (χ0) is 16.8. The zero-order valence-electron chi connectivity index (χ0n) is 14.0. The largest absolute Gasteiger partial charge is 0.496 e. The number of carbonyl (C=O) groups is 1. The van der Waals surface area contributed by atoms with Crippen LogP contribution < -0.4 is 15.4 Å². The Kier molecular flexibility index (Phi) is 5.04. The first kappa shape index (κ1) is 16.4.